The molecule has 8 nitrogen and oxygen atoms in total. The Morgan fingerprint density at radius 3 is 2.33 bits per heavy atom. The first-order valence-corrected chi connectivity index (χ1v) is 10.4. The van der Waals surface area contributed by atoms with Crippen LogP contribution in [-0.2, 0) is 5.41 Å². The van der Waals surface area contributed by atoms with E-state index in [1.54, 1.807) is 9.31 Å². The lowest BCUT2D eigenvalue weighted by Gasteiger charge is -2.17. The molecule has 30 heavy (non-hydrogen) atoms. The third-order valence-corrected chi connectivity index (χ3v) is 5.70. The molecule has 0 bridgehead atoms. The quantitative estimate of drug-likeness (QED) is 0.473. The summed E-state index contributed by atoms with van der Waals surface area (Å²) in [6.45, 7) is 6.46. The third-order valence-electron chi connectivity index (χ3n) is 4.67. The summed E-state index contributed by atoms with van der Waals surface area (Å²) in [5, 5.41) is 21.1. The van der Waals surface area contributed by atoms with Crippen LogP contribution in [0.5, 0.6) is 0 Å². The maximum Gasteiger partial charge on any atom is 0.219 e. The van der Waals surface area contributed by atoms with Crippen LogP contribution >= 0.6 is 11.8 Å². The first kappa shape index (κ1) is 18.6. The van der Waals surface area contributed by atoms with Gasteiger partial charge >= 0.3 is 0 Å². The fraction of sp³-hybridized carbons (Fsp3) is 0.190. The SMILES string of the molecule is CC(C)(C)c1[nH]n2nc(-c3ccccc3)nc2c1Sc1nnnn1-c1ccccc1. The number of H-pyrrole nitrogens is 1. The highest BCUT2D eigenvalue weighted by atomic mass is 32.2. The Morgan fingerprint density at radius 1 is 0.933 bits per heavy atom. The number of aromatic nitrogens is 8. The Morgan fingerprint density at radius 2 is 1.63 bits per heavy atom. The number of tetrazole rings is 1. The van der Waals surface area contributed by atoms with E-state index in [0.717, 1.165) is 27.5 Å². The van der Waals surface area contributed by atoms with Crippen LogP contribution < -0.4 is 0 Å². The second kappa shape index (κ2) is 7.10. The number of hydrogen-bond acceptors (Lipinski definition) is 6. The van der Waals surface area contributed by atoms with Crippen LogP contribution in [0.3, 0.4) is 0 Å². The molecule has 0 atom stereocenters. The lowest BCUT2D eigenvalue weighted by atomic mass is 9.92. The van der Waals surface area contributed by atoms with E-state index in [1.165, 1.54) is 11.8 Å². The number of nitrogens with zero attached hydrogens (tertiary/aromatic N) is 7. The first-order chi connectivity index (χ1) is 14.5. The van der Waals surface area contributed by atoms with E-state index in [1.807, 2.05) is 60.7 Å². The van der Waals surface area contributed by atoms with Gasteiger partial charge in [-0.2, -0.15) is 9.31 Å². The zero-order valence-corrected chi connectivity index (χ0v) is 17.6. The molecule has 0 aliphatic rings. The van der Waals surface area contributed by atoms with E-state index in [-0.39, 0.29) is 5.41 Å². The molecule has 0 spiro atoms. The van der Waals surface area contributed by atoms with E-state index >= 15 is 0 Å². The number of benzene rings is 2. The normalized spacial score (nSPS) is 12.0. The summed E-state index contributed by atoms with van der Waals surface area (Å²) in [6, 6.07) is 19.8. The molecule has 0 unspecified atom stereocenters. The van der Waals surface area contributed by atoms with Gasteiger partial charge in [0.25, 0.3) is 0 Å². The summed E-state index contributed by atoms with van der Waals surface area (Å²) in [5.41, 5.74) is 3.52. The monoisotopic (exact) mass is 416 g/mol. The fourth-order valence-corrected chi connectivity index (χ4v) is 4.35. The van der Waals surface area contributed by atoms with E-state index in [2.05, 4.69) is 46.5 Å². The molecule has 5 rings (SSSR count). The van der Waals surface area contributed by atoms with Crippen molar-refractivity contribution >= 4 is 17.4 Å². The Kier molecular flexibility index (Phi) is 4.39. The zero-order valence-electron chi connectivity index (χ0n) is 16.8. The summed E-state index contributed by atoms with van der Waals surface area (Å²) in [6.07, 6.45) is 0. The fourth-order valence-electron chi connectivity index (χ4n) is 3.19. The second-order valence-electron chi connectivity index (χ2n) is 7.91. The summed E-state index contributed by atoms with van der Waals surface area (Å²) in [4.78, 5) is 5.78. The van der Waals surface area contributed by atoms with Crippen LogP contribution in [-0.4, -0.2) is 40.0 Å². The Hall–Kier alpha value is -3.46. The van der Waals surface area contributed by atoms with Gasteiger partial charge in [0, 0.05) is 11.0 Å². The van der Waals surface area contributed by atoms with Gasteiger partial charge in [0.1, 0.15) is 0 Å². The van der Waals surface area contributed by atoms with Crippen molar-refractivity contribution in [1.29, 1.82) is 0 Å². The minimum absolute atomic E-state index is 0.136. The minimum Gasteiger partial charge on any atom is -0.279 e. The van der Waals surface area contributed by atoms with E-state index in [0.29, 0.717) is 11.0 Å². The summed E-state index contributed by atoms with van der Waals surface area (Å²) in [7, 11) is 0. The van der Waals surface area contributed by atoms with Gasteiger partial charge in [0.05, 0.1) is 16.3 Å². The Bertz CT molecular complexity index is 1300. The Labute approximate surface area is 177 Å². The standard InChI is InChI=1S/C21H20N8S/c1-21(2,3)17-16(30-20-23-26-27-28(20)15-12-8-5-9-13-15)19-22-18(25-29(19)24-17)14-10-6-4-7-11-14/h4-13,24H,1-3H3. The molecule has 5 aromatic rings. The average molecular weight is 417 g/mol. The summed E-state index contributed by atoms with van der Waals surface area (Å²) < 4.78 is 3.47. The molecular formula is C21H20N8S. The summed E-state index contributed by atoms with van der Waals surface area (Å²) >= 11 is 1.49. The lowest BCUT2D eigenvalue weighted by molar-refractivity contribution is 0.547. The van der Waals surface area contributed by atoms with Crippen molar-refractivity contribution in [3.05, 3.63) is 66.4 Å². The molecule has 3 aromatic heterocycles. The predicted octanol–water partition coefficient (Wildman–Crippen LogP) is 4.15. The van der Waals surface area contributed by atoms with Gasteiger partial charge in [-0.3, -0.25) is 5.10 Å². The van der Waals surface area contributed by atoms with Gasteiger partial charge in [0.2, 0.25) is 5.16 Å². The van der Waals surface area contributed by atoms with Gasteiger partial charge < -0.3 is 0 Å². The molecule has 0 fully saturated rings. The topological polar surface area (TPSA) is 89.6 Å². The average Bonchev–Trinajstić information content (AvgIpc) is 3.45. The summed E-state index contributed by atoms with van der Waals surface area (Å²) in [5.74, 6) is 0.673. The number of aromatic amines is 1. The molecule has 0 aliphatic heterocycles. The highest BCUT2D eigenvalue weighted by Crippen LogP contribution is 2.38. The van der Waals surface area contributed by atoms with Crippen molar-refractivity contribution in [2.45, 2.75) is 36.2 Å². The zero-order chi connectivity index (χ0) is 20.7. The van der Waals surface area contributed by atoms with Crippen LogP contribution in [0.25, 0.3) is 22.7 Å². The van der Waals surface area contributed by atoms with E-state index in [9.17, 15) is 0 Å². The maximum absolute atomic E-state index is 4.82. The van der Waals surface area contributed by atoms with Gasteiger partial charge in [-0.25, -0.2) is 4.98 Å². The Balaban J connectivity index is 1.63. The lowest BCUT2D eigenvalue weighted by Crippen LogP contribution is -2.13. The van der Waals surface area contributed by atoms with Gasteiger partial charge in [-0.15, -0.1) is 10.2 Å². The van der Waals surface area contributed by atoms with Crippen molar-refractivity contribution in [2.24, 2.45) is 0 Å². The van der Waals surface area contributed by atoms with Crippen molar-refractivity contribution < 1.29 is 0 Å². The molecule has 150 valence electrons. The number of rotatable bonds is 4. The molecule has 9 heteroatoms. The second-order valence-corrected chi connectivity index (χ2v) is 8.89. The van der Waals surface area contributed by atoms with E-state index in [4.69, 9.17) is 4.98 Å². The molecule has 0 radical (unpaired) electrons. The van der Waals surface area contributed by atoms with Gasteiger partial charge in [0.15, 0.2) is 11.5 Å². The maximum atomic E-state index is 4.82. The predicted molar refractivity (Wildman–Crippen MR) is 115 cm³/mol. The number of para-hydroxylation sites is 1. The molecule has 0 aliphatic carbocycles. The number of fused-ring (bicyclic) bond motifs is 1. The molecule has 2 aromatic carbocycles. The van der Waals surface area contributed by atoms with E-state index < -0.39 is 0 Å². The third kappa shape index (κ3) is 3.26. The highest BCUT2D eigenvalue weighted by Gasteiger charge is 2.27. The number of hydrogen-bond donors (Lipinski definition) is 1. The van der Waals surface area contributed by atoms with Gasteiger partial charge in [-0.1, -0.05) is 69.3 Å². The molecule has 0 saturated carbocycles. The van der Waals surface area contributed by atoms with Crippen LogP contribution in [0.15, 0.2) is 70.7 Å². The van der Waals surface area contributed by atoms with Crippen LogP contribution in [0.2, 0.25) is 0 Å². The molecular weight excluding hydrogens is 396 g/mol. The molecule has 0 saturated heterocycles. The van der Waals surface area contributed by atoms with Crippen LogP contribution in [0.4, 0.5) is 0 Å². The van der Waals surface area contributed by atoms with Crippen LogP contribution in [0, 0.1) is 0 Å². The molecule has 3 heterocycles. The molecule has 1 N–H and O–H groups in total. The van der Waals surface area contributed by atoms with Crippen molar-refractivity contribution in [1.82, 2.24) is 40.0 Å². The van der Waals surface area contributed by atoms with Crippen molar-refractivity contribution in [2.75, 3.05) is 0 Å². The van der Waals surface area contributed by atoms with Crippen molar-refractivity contribution in [3.8, 4) is 17.1 Å². The smallest absolute Gasteiger partial charge is 0.219 e. The minimum atomic E-state index is -0.136. The van der Waals surface area contributed by atoms with Crippen molar-refractivity contribution in [3.63, 3.8) is 0 Å². The first-order valence-electron chi connectivity index (χ1n) is 9.57. The van der Waals surface area contributed by atoms with Gasteiger partial charge in [-0.05, 0) is 34.3 Å². The number of nitrogens with one attached hydrogen (secondary N) is 1. The highest BCUT2D eigenvalue weighted by molar-refractivity contribution is 7.99. The molecule has 0 amide bonds. The largest absolute Gasteiger partial charge is 0.279 e. The van der Waals surface area contributed by atoms with Crippen LogP contribution in [0.1, 0.15) is 26.5 Å².